The highest BCUT2D eigenvalue weighted by Gasteiger charge is 2.36. The molecule has 2 nitrogen and oxygen atoms in total. The summed E-state index contributed by atoms with van der Waals surface area (Å²) in [6.45, 7) is 13.3. The Labute approximate surface area is 199 Å². The molecule has 0 unspecified atom stereocenters. The third kappa shape index (κ3) is 6.22. The molecule has 0 aliphatic heterocycles. The van der Waals surface area contributed by atoms with Crippen LogP contribution >= 0.6 is 0 Å². The summed E-state index contributed by atoms with van der Waals surface area (Å²) >= 11 is 0. The normalized spacial score (nSPS) is 18.0. The molecule has 1 N–H and O–H groups in total. The topological polar surface area (TPSA) is 37.3 Å². The van der Waals surface area contributed by atoms with Crippen LogP contribution in [0.15, 0.2) is 78.4 Å². The van der Waals surface area contributed by atoms with Gasteiger partial charge in [-0.05, 0) is 70.9 Å². The minimum atomic E-state index is -0.932. The number of fused-ring (bicyclic) bond motifs is 1. The molecule has 0 amide bonds. The van der Waals surface area contributed by atoms with Crippen molar-refractivity contribution in [1.82, 2.24) is 0 Å². The van der Waals surface area contributed by atoms with Gasteiger partial charge in [0.25, 0.3) is 0 Å². The number of benzene rings is 2. The quantitative estimate of drug-likeness (QED) is 0.365. The molecule has 0 atom stereocenters. The van der Waals surface area contributed by atoms with E-state index in [0.29, 0.717) is 5.57 Å². The van der Waals surface area contributed by atoms with Gasteiger partial charge in [-0.15, -0.1) is 0 Å². The van der Waals surface area contributed by atoms with Gasteiger partial charge >= 0.3 is 5.97 Å². The Morgan fingerprint density at radius 3 is 2.18 bits per heavy atom. The standard InChI is InChI=1S/C31H36O2/c1-22-10-14-26(15-11-22)25(9-7-8-23(2)20-29(32)33)16-12-24-13-17-27-28(21-24)31(5,6)19-18-30(27,3)4/h7-17,20-21H,18-19H2,1-6H3,(H,32,33)/b8-7+,16-12+,23-20+,25-9-. The van der Waals surface area contributed by atoms with E-state index in [-0.39, 0.29) is 10.8 Å². The van der Waals surface area contributed by atoms with Crippen LogP contribution < -0.4 is 0 Å². The fourth-order valence-electron chi connectivity index (χ4n) is 4.44. The molecule has 0 radical (unpaired) electrons. The second kappa shape index (κ2) is 9.79. The predicted molar refractivity (Wildman–Crippen MR) is 140 cm³/mol. The minimum absolute atomic E-state index is 0.182. The van der Waals surface area contributed by atoms with Crippen LogP contribution in [0.2, 0.25) is 0 Å². The molecule has 0 aromatic heterocycles. The van der Waals surface area contributed by atoms with Crippen LogP contribution in [0.25, 0.3) is 11.6 Å². The lowest BCUT2D eigenvalue weighted by Gasteiger charge is -2.42. The molecular weight excluding hydrogens is 404 g/mol. The van der Waals surface area contributed by atoms with E-state index < -0.39 is 5.97 Å². The Kier molecular flexibility index (Phi) is 7.27. The summed E-state index contributed by atoms with van der Waals surface area (Å²) in [6, 6.07) is 15.4. The van der Waals surface area contributed by atoms with Crippen LogP contribution in [0.1, 0.15) is 75.3 Å². The smallest absolute Gasteiger partial charge is 0.328 e. The zero-order valence-corrected chi connectivity index (χ0v) is 20.8. The van der Waals surface area contributed by atoms with Crippen molar-refractivity contribution in [1.29, 1.82) is 0 Å². The molecule has 0 heterocycles. The fraction of sp³-hybridized carbons (Fsp3) is 0.323. The van der Waals surface area contributed by atoms with Crippen LogP contribution in [-0.4, -0.2) is 11.1 Å². The zero-order valence-electron chi connectivity index (χ0n) is 20.8. The molecule has 2 aromatic rings. The lowest BCUT2D eigenvalue weighted by atomic mass is 9.63. The molecule has 1 aliphatic carbocycles. The predicted octanol–water partition coefficient (Wildman–Crippen LogP) is 8.03. The lowest BCUT2D eigenvalue weighted by Crippen LogP contribution is -2.33. The molecule has 0 saturated carbocycles. The van der Waals surface area contributed by atoms with Gasteiger partial charge in [0.05, 0.1) is 0 Å². The summed E-state index contributed by atoms with van der Waals surface area (Å²) in [5, 5.41) is 8.92. The zero-order chi connectivity index (χ0) is 24.2. The van der Waals surface area contributed by atoms with Gasteiger partial charge in [0, 0.05) is 6.08 Å². The number of allylic oxidation sites excluding steroid dienone is 6. The molecule has 172 valence electrons. The summed E-state index contributed by atoms with van der Waals surface area (Å²) in [5.41, 5.74) is 8.64. The number of carboxylic acid groups (broad SMARTS) is 1. The number of carboxylic acids is 1. The van der Waals surface area contributed by atoms with E-state index in [2.05, 4.69) is 89.2 Å². The minimum Gasteiger partial charge on any atom is -0.478 e. The molecule has 2 aromatic carbocycles. The SMILES string of the molecule is CC(/C=C/C=C(/C=C/c1ccc2c(c1)C(C)(C)CCC2(C)C)c1ccc(C)cc1)=C\C(=O)O. The van der Waals surface area contributed by atoms with Gasteiger partial charge in [0.2, 0.25) is 0 Å². The average Bonchev–Trinajstić information content (AvgIpc) is 2.74. The van der Waals surface area contributed by atoms with Gasteiger partial charge in [-0.2, -0.15) is 0 Å². The van der Waals surface area contributed by atoms with Crippen molar-refractivity contribution in [2.45, 2.75) is 65.2 Å². The maximum atomic E-state index is 10.9. The van der Waals surface area contributed by atoms with Crippen LogP contribution in [0.3, 0.4) is 0 Å². The molecule has 0 spiro atoms. The highest BCUT2D eigenvalue weighted by Crippen LogP contribution is 2.46. The van der Waals surface area contributed by atoms with E-state index >= 15 is 0 Å². The first-order chi connectivity index (χ1) is 15.5. The highest BCUT2D eigenvalue weighted by molar-refractivity contribution is 5.82. The molecule has 3 rings (SSSR count). The Morgan fingerprint density at radius 1 is 0.909 bits per heavy atom. The van der Waals surface area contributed by atoms with E-state index in [1.807, 2.05) is 18.2 Å². The molecule has 2 heteroatoms. The van der Waals surface area contributed by atoms with Crippen molar-refractivity contribution in [2.24, 2.45) is 0 Å². The molecule has 1 aliphatic rings. The van der Waals surface area contributed by atoms with Crippen molar-refractivity contribution in [3.8, 4) is 0 Å². The van der Waals surface area contributed by atoms with Gasteiger partial charge < -0.3 is 5.11 Å². The molecule has 0 saturated heterocycles. The average molecular weight is 441 g/mol. The molecule has 33 heavy (non-hydrogen) atoms. The van der Waals surface area contributed by atoms with E-state index in [4.69, 9.17) is 5.11 Å². The maximum Gasteiger partial charge on any atom is 0.328 e. The third-order valence-corrected chi connectivity index (χ3v) is 6.70. The monoisotopic (exact) mass is 440 g/mol. The van der Waals surface area contributed by atoms with Gasteiger partial charge in [-0.25, -0.2) is 4.79 Å². The molecular formula is C31H36O2. The Hall–Kier alpha value is -3.13. The number of aliphatic carboxylic acids is 1. The van der Waals surface area contributed by atoms with Gasteiger partial charge in [-0.3, -0.25) is 0 Å². The van der Waals surface area contributed by atoms with Gasteiger partial charge in [-0.1, -0.05) is 106 Å². The summed E-state index contributed by atoms with van der Waals surface area (Å²) in [7, 11) is 0. The second-order valence-electron chi connectivity index (χ2n) is 10.5. The fourth-order valence-corrected chi connectivity index (χ4v) is 4.44. The van der Waals surface area contributed by atoms with Crippen molar-refractivity contribution >= 4 is 17.6 Å². The summed E-state index contributed by atoms with van der Waals surface area (Å²) in [6.07, 6.45) is 13.7. The second-order valence-corrected chi connectivity index (χ2v) is 10.5. The van der Waals surface area contributed by atoms with E-state index in [1.54, 1.807) is 6.92 Å². The largest absolute Gasteiger partial charge is 0.478 e. The van der Waals surface area contributed by atoms with E-state index in [9.17, 15) is 4.79 Å². The van der Waals surface area contributed by atoms with Crippen molar-refractivity contribution in [2.75, 3.05) is 0 Å². The number of rotatable bonds is 6. The Balaban J connectivity index is 1.97. The number of carbonyl (C=O) groups is 1. The molecule has 0 bridgehead atoms. The van der Waals surface area contributed by atoms with Crippen LogP contribution in [0, 0.1) is 6.92 Å². The van der Waals surface area contributed by atoms with Gasteiger partial charge in [0.1, 0.15) is 0 Å². The Morgan fingerprint density at radius 2 is 1.55 bits per heavy atom. The molecule has 0 fully saturated rings. The maximum absolute atomic E-state index is 10.9. The number of hydrogen-bond acceptors (Lipinski definition) is 1. The first kappa shape index (κ1) is 24.5. The first-order valence-corrected chi connectivity index (χ1v) is 11.7. The van der Waals surface area contributed by atoms with Crippen molar-refractivity contribution < 1.29 is 9.90 Å². The van der Waals surface area contributed by atoms with Crippen LogP contribution in [0.4, 0.5) is 0 Å². The summed E-state index contributed by atoms with van der Waals surface area (Å²) in [5.74, 6) is -0.932. The lowest BCUT2D eigenvalue weighted by molar-refractivity contribution is -0.131. The third-order valence-electron chi connectivity index (χ3n) is 6.70. The highest BCUT2D eigenvalue weighted by atomic mass is 16.4. The summed E-state index contributed by atoms with van der Waals surface area (Å²) < 4.78 is 0. The number of aryl methyl sites for hydroxylation is 1. The van der Waals surface area contributed by atoms with Crippen molar-refractivity contribution in [3.63, 3.8) is 0 Å². The Bertz CT molecular complexity index is 1140. The van der Waals surface area contributed by atoms with Gasteiger partial charge in [0.15, 0.2) is 0 Å². The van der Waals surface area contributed by atoms with Crippen LogP contribution in [0.5, 0.6) is 0 Å². The van der Waals surface area contributed by atoms with E-state index in [0.717, 1.165) is 11.1 Å². The van der Waals surface area contributed by atoms with E-state index in [1.165, 1.54) is 41.2 Å². The first-order valence-electron chi connectivity index (χ1n) is 11.7. The summed E-state index contributed by atoms with van der Waals surface area (Å²) in [4.78, 5) is 10.9. The van der Waals surface area contributed by atoms with Crippen LogP contribution in [-0.2, 0) is 15.6 Å². The van der Waals surface area contributed by atoms with Crippen molar-refractivity contribution in [3.05, 3.63) is 106 Å². The number of hydrogen-bond donors (Lipinski definition) is 1.